The number of aromatic nitrogens is 2. The number of ether oxygens (including phenoxy) is 1. The first-order valence-corrected chi connectivity index (χ1v) is 9.09. The van der Waals surface area contributed by atoms with Crippen LogP contribution >= 0.6 is 0 Å². The van der Waals surface area contributed by atoms with Crippen LogP contribution in [-0.4, -0.2) is 40.6 Å². The Morgan fingerprint density at radius 1 is 1.07 bits per heavy atom. The third-order valence-electron chi connectivity index (χ3n) is 4.03. The Morgan fingerprint density at radius 2 is 1.81 bits per heavy atom. The van der Waals surface area contributed by atoms with Crippen LogP contribution in [0, 0.1) is 0 Å². The highest BCUT2D eigenvalue weighted by atomic mass is 16.5. The molecule has 0 bridgehead atoms. The molecule has 7 nitrogen and oxygen atoms in total. The molecule has 0 aromatic carbocycles. The summed E-state index contributed by atoms with van der Waals surface area (Å²) < 4.78 is 5.89. The molecule has 1 aliphatic heterocycles. The molecule has 7 heteroatoms. The van der Waals surface area contributed by atoms with Crippen molar-refractivity contribution in [3.05, 3.63) is 47.4 Å². The molecule has 0 fully saturated rings. The lowest BCUT2D eigenvalue weighted by Crippen LogP contribution is -2.25. The van der Waals surface area contributed by atoms with Crippen molar-refractivity contribution in [2.75, 3.05) is 5.32 Å². The summed E-state index contributed by atoms with van der Waals surface area (Å²) in [4.78, 5) is 29.9. The quantitative estimate of drug-likeness (QED) is 0.852. The van der Waals surface area contributed by atoms with Gasteiger partial charge >= 0.3 is 0 Å². The van der Waals surface area contributed by atoms with Crippen molar-refractivity contribution in [2.24, 2.45) is 9.98 Å². The fraction of sp³-hybridized carbons (Fsp3) is 0.350. The van der Waals surface area contributed by atoms with Gasteiger partial charge in [0.15, 0.2) is 6.10 Å². The minimum absolute atomic E-state index is 0.0822. The molecule has 140 valence electrons. The van der Waals surface area contributed by atoms with E-state index in [9.17, 15) is 4.79 Å². The Bertz CT molecular complexity index is 864. The highest BCUT2D eigenvalue weighted by Gasteiger charge is 2.15. The van der Waals surface area contributed by atoms with Crippen molar-refractivity contribution in [1.82, 2.24) is 9.97 Å². The number of nitrogens with one attached hydrogen (secondary N) is 1. The van der Waals surface area contributed by atoms with Gasteiger partial charge in [-0.25, -0.2) is 9.97 Å². The van der Waals surface area contributed by atoms with Crippen molar-refractivity contribution in [2.45, 2.75) is 45.9 Å². The molecular weight excluding hydrogens is 342 g/mol. The number of amides is 1. The van der Waals surface area contributed by atoms with Gasteiger partial charge in [-0.1, -0.05) is 19.9 Å². The average molecular weight is 365 g/mol. The minimum atomic E-state index is -0.355. The van der Waals surface area contributed by atoms with Gasteiger partial charge in [0.25, 0.3) is 5.91 Å². The average Bonchev–Trinajstić information content (AvgIpc) is 2.69. The first-order valence-electron chi connectivity index (χ1n) is 9.09. The van der Waals surface area contributed by atoms with Crippen LogP contribution in [0.5, 0.6) is 5.75 Å². The predicted molar refractivity (Wildman–Crippen MR) is 106 cm³/mol. The maximum absolute atomic E-state index is 12.6. The van der Waals surface area contributed by atoms with Crippen LogP contribution in [0.2, 0.25) is 0 Å². The van der Waals surface area contributed by atoms with Crippen LogP contribution < -0.4 is 10.1 Å². The van der Waals surface area contributed by atoms with E-state index in [2.05, 4.69) is 25.3 Å². The van der Waals surface area contributed by atoms with E-state index in [1.54, 1.807) is 24.6 Å². The van der Waals surface area contributed by atoms with Gasteiger partial charge in [0.05, 0.1) is 0 Å². The van der Waals surface area contributed by atoms with E-state index in [1.807, 2.05) is 39.0 Å². The Labute approximate surface area is 158 Å². The number of carbonyl (C=O) groups is 1. The summed E-state index contributed by atoms with van der Waals surface area (Å²) in [6, 6.07) is 9.00. The van der Waals surface area contributed by atoms with Crippen LogP contribution in [0.15, 0.2) is 40.3 Å². The first-order chi connectivity index (χ1) is 13.1. The highest BCUT2D eigenvalue weighted by molar-refractivity contribution is 6.02. The topological polar surface area (TPSA) is 88.8 Å². The molecule has 2 aromatic heterocycles. The number of aliphatic imine (C=N–C) groups is 2. The van der Waals surface area contributed by atoms with E-state index < -0.39 is 0 Å². The zero-order chi connectivity index (χ0) is 19.2. The molecule has 2 aromatic rings. The summed E-state index contributed by atoms with van der Waals surface area (Å²) in [6.45, 7) is 5.89. The molecule has 1 aliphatic rings. The van der Waals surface area contributed by atoms with E-state index in [4.69, 9.17) is 4.74 Å². The van der Waals surface area contributed by atoms with Crippen molar-refractivity contribution in [3.63, 3.8) is 0 Å². The number of anilines is 1. The number of aryl methyl sites for hydroxylation is 2. The number of nitrogens with zero attached hydrogens (tertiary/aromatic N) is 4. The predicted octanol–water partition coefficient (Wildman–Crippen LogP) is 3.10. The molecular formula is C20H23N5O2. The van der Waals surface area contributed by atoms with Gasteiger partial charge in [0.2, 0.25) is 0 Å². The summed E-state index contributed by atoms with van der Waals surface area (Å²) >= 11 is 0. The van der Waals surface area contributed by atoms with Gasteiger partial charge in [-0.3, -0.25) is 14.8 Å². The number of hydrogen-bond donors (Lipinski definition) is 1. The lowest BCUT2D eigenvalue weighted by atomic mass is 10.2. The highest BCUT2D eigenvalue weighted by Crippen LogP contribution is 2.18. The Kier molecular flexibility index (Phi) is 5.90. The number of pyridine rings is 2. The summed E-state index contributed by atoms with van der Waals surface area (Å²) in [5.41, 5.74) is 1.97. The third kappa shape index (κ3) is 4.97. The maximum atomic E-state index is 12.6. The molecule has 0 saturated carbocycles. The van der Waals surface area contributed by atoms with E-state index in [1.165, 1.54) is 0 Å². The Hall–Kier alpha value is -3.09. The van der Waals surface area contributed by atoms with Gasteiger partial charge in [-0.2, -0.15) is 0 Å². The van der Waals surface area contributed by atoms with Crippen LogP contribution in [0.25, 0.3) is 0 Å². The van der Waals surface area contributed by atoms with Crippen molar-refractivity contribution >= 4 is 24.2 Å². The van der Waals surface area contributed by atoms with Gasteiger partial charge in [0.1, 0.15) is 23.4 Å². The van der Waals surface area contributed by atoms with Gasteiger partial charge in [-0.15, -0.1) is 0 Å². The van der Waals surface area contributed by atoms with Gasteiger partial charge in [0, 0.05) is 35.9 Å². The zero-order valence-corrected chi connectivity index (χ0v) is 15.7. The molecule has 3 rings (SSSR count). The van der Waals surface area contributed by atoms with E-state index in [-0.39, 0.29) is 23.9 Å². The molecule has 0 saturated heterocycles. The van der Waals surface area contributed by atoms with Crippen LogP contribution in [-0.2, 0) is 12.8 Å². The molecule has 0 aliphatic carbocycles. The second-order valence-corrected chi connectivity index (χ2v) is 6.17. The standard InChI is InChI=1S/C20H23N5O2/c1-4-14-7-6-8-19(24-14)25-20(26)18-10-16(9-15(5-2)23-18)27-17-11-21-13(3)22-12-17/h6-13,17H,4-5H2,1-3H3,(H,24,25,26). The first kappa shape index (κ1) is 18.7. The molecule has 0 unspecified atom stereocenters. The molecule has 0 radical (unpaired) electrons. The third-order valence-corrected chi connectivity index (χ3v) is 4.03. The second kappa shape index (κ2) is 8.53. The number of hydrogen-bond acceptors (Lipinski definition) is 6. The minimum Gasteiger partial charge on any atom is -0.479 e. The summed E-state index contributed by atoms with van der Waals surface area (Å²) in [6.07, 6.45) is 4.47. The maximum Gasteiger partial charge on any atom is 0.275 e. The normalized spacial score (nSPS) is 18.3. The SMILES string of the molecule is CCc1cccc(NC(=O)c2cc(OC3C=NC(C)N=C3)cc(CC)n2)n1. The van der Waals surface area contributed by atoms with Crippen molar-refractivity contribution in [3.8, 4) is 5.75 Å². The molecule has 1 amide bonds. The summed E-state index contributed by atoms with van der Waals surface area (Å²) in [5.74, 6) is 0.737. The van der Waals surface area contributed by atoms with Crippen molar-refractivity contribution in [1.29, 1.82) is 0 Å². The second-order valence-electron chi connectivity index (χ2n) is 6.17. The smallest absolute Gasteiger partial charge is 0.275 e. The molecule has 0 atom stereocenters. The fourth-order valence-electron chi connectivity index (χ4n) is 2.57. The lowest BCUT2D eigenvalue weighted by molar-refractivity contribution is 0.102. The largest absolute Gasteiger partial charge is 0.479 e. The molecule has 3 heterocycles. The Morgan fingerprint density at radius 3 is 2.52 bits per heavy atom. The van der Waals surface area contributed by atoms with Crippen LogP contribution in [0.4, 0.5) is 5.82 Å². The van der Waals surface area contributed by atoms with E-state index in [0.717, 1.165) is 17.8 Å². The summed E-state index contributed by atoms with van der Waals surface area (Å²) in [7, 11) is 0. The zero-order valence-electron chi connectivity index (χ0n) is 15.7. The fourth-order valence-corrected chi connectivity index (χ4v) is 2.57. The molecule has 1 N–H and O–H groups in total. The lowest BCUT2D eigenvalue weighted by Gasteiger charge is -2.16. The van der Waals surface area contributed by atoms with Gasteiger partial charge < -0.3 is 10.1 Å². The van der Waals surface area contributed by atoms with E-state index in [0.29, 0.717) is 18.0 Å². The number of carbonyl (C=O) groups excluding carboxylic acids is 1. The monoisotopic (exact) mass is 365 g/mol. The van der Waals surface area contributed by atoms with Crippen LogP contribution in [0.3, 0.4) is 0 Å². The molecule has 0 spiro atoms. The van der Waals surface area contributed by atoms with Crippen LogP contribution in [0.1, 0.15) is 42.6 Å². The van der Waals surface area contributed by atoms with Gasteiger partial charge in [-0.05, 0) is 31.9 Å². The van der Waals surface area contributed by atoms with Crippen molar-refractivity contribution < 1.29 is 9.53 Å². The number of rotatable bonds is 6. The van der Waals surface area contributed by atoms with E-state index >= 15 is 0 Å². The summed E-state index contributed by atoms with van der Waals surface area (Å²) in [5, 5.41) is 2.80. The molecule has 27 heavy (non-hydrogen) atoms. The Balaban J connectivity index is 1.78.